The smallest absolute Gasteiger partial charge is 0.310 e. The molecular formula is C11H13O4S. The number of sulfone groups is 1. The van der Waals surface area contributed by atoms with E-state index in [-0.39, 0.29) is 10.6 Å². The summed E-state index contributed by atoms with van der Waals surface area (Å²) in [6, 6.07) is 6.47. The van der Waals surface area contributed by atoms with Crippen LogP contribution in [-0.2, 0) is 19.4 Å². The average Bonchev–Trinajstić information content (AvgIpc) is 2.26. The van der Waals surface area contributed by atoms with Gasteiger partial charge >= 0.3 is 5.97 Å². The minimum Gasteiger partial charge on any atom is -0.469 e. The molecular weight excluding hydrogens is 228 g/mol. The van der Waals surface area contributed by atoms with Gasteiger partial charge in [-0.05, 0) is 19.1 Å². The van der Waals surface area contributed by atoms with Gasteiger partial charge in [0.1, 0.15) is 0 Å². The molecule has 5 heteroatoms. The van der Waals surface area contributed by atoms with E-state index in [1.54, 1.807) is 12.1 Å². The molecule has 16 heavy (non-hydrogen) atoms. The summed E-state index contributed by atoms with van der Waals surface area (Å²) in [4.78, 5) is 11.0. The van der Waals surface area contributed by atoms with Gasteiger partial charge in [-0.25, -0.2) is 8.42 Å². The Morgan fingerprint density at radius 2 is 1.88 bits per heavy atom. The van der Waals surface area contributed by atoms with Crippen molar-refractivity contribution >= 4 is 15.8 Å². The van der Waals surface area contributed by atoms with E-state index in [9.17, 15) is 13.2 Å². The van der Waals surface area contributed by atoms with Crippen molar-refractivity contribution < 1.29 is 17.9 Å². The molecule has 87 valence electrons. The summed E-state index contributed by atoms with van der Waals surface area (Å²) < 4.78 is 27.8. The number of benzene rings is 1. The number of rotatable bonds is 4. The van der Waals surface area contributed by atoms with Crippen molar-refractivity contribution in [3.05, 3.63) is 36.2 Å². The highest BCUT2D eigenvalue weighted by atomic mass is 32.2. The van der Waals surface area contributed by atoms with Crippen LogP contribution < -0.4 is 0 Å². The van der Waals surface area contributed by atoms with Gasteiger partial charge in [-0.2, -0.15) is 0 Å². The minimum absolute atomic E-state index is 0.207. The Bertz CT molecular complexity index is 459. The van der Waals surface area contributed by atoms with E-state index in [2.05, 4.69) is 4.74 Å². The quantitative estimate of drug-likeness (QED) is 0.742. The van der Waals surface area contributed by atoms with Crippen LogP contribution in [0.1, 0.15) is 5.56 Å². The number of ether oxygens (including phenoxy) is 1. The number of carbonyl (C=O) groups is 1. The van der Waals surface area contributed by atoms with Gasteiger partial charge in [0.2, 0.25) is 0 Å². The van der Waals surface area contributed by atoms with Crippen molar-refractivity contribution in [2.45, 2.75) is 11.8 Å². The molecule has 0 fully saturated rings. The lowest BCUT2D eigenvalue weighted by Crippen LogP contribution is -2.13. The van der Waals surface area contributed by atoms with Crippen LogP contribution in [0.2, 0.25) is 0 Å². The van der Waals surface area contributed by atoms with Crippen molar-refractivity contribution in [2.75, 3.05) is 12.9 Å². The summed E-state index contributed by atoms with van der Waals surface area (Å²) in [5.41, 5.74) is 0.982. The molecule has 0 atom stereocenters. The number of hydrogen-bond acceptors (Lipinski definition) is 4. The molecule has 1 rings (SSSR count). The van der Waals surface area contributed by atoms with Crippen LogP contribution in [0.5, 0.6) is 0 Å². The Morgan fingerprint density at radius 1 is 1.31 bits per heavy atom. The molecule has 0 spiro atoms. The Hall–Kier alpha value is -1.36. The first-order valence-electron chi connectivity index (χ1n) is 4.66. The van der Waals surface area contributed by atoms with Crippen molar-refractivity contribution in [1.82, 2.24) is 0 Å². The van der Waals surface area contributed by atoms with E-state index in [1.807, 2.05) is 6.92 Å². The van der Waals surface area contributed by atoms with E-state index in [1.165, 1.54) is 19.2 Å². The van der Waals surface area contributed by atoms with Crippen molar-refractivity contribution in [2.24, 2.45) is 0 Å². The fourth-order valence-electron chi connectivity index (χ4n) is 1.10. The molecule has 0 heterocycles. The predicted molar refractivity (Wildman–Crippen MR) is 59.5 cm³/mol. The highest BCUT2D eigenvalue weighted by Crippen LogP contribution is 2.12. The normalized spacial score (nSPS) is 11.1. The van der Waals surface area contributed by atoms with Crippen LogP contribution in [0, 0.1) is 13.3 Å². The number of esters is 1. The molecule has 0 aliphatic rings. The van der Waals surface area contributed by atoms with Crippen molar-refractivity contribution in [1.29, 1.82) is 0 Å². The highest BCUT2D eigenvalue weighted by molar-refractivity contribution is 7.91. The van der Waals surface area contributed by atoms with Crippen LogP contribution >= 0.6 is 0 Å². The van der Waals surface area contributed by atoms with Gasteiger partial charge in [0.15, 0.2) is 9.84 Å². The Kier molecular flexibility index (Phi) is 4.06. The first kappa shape index (κ1) is 12.7. The van der Waals surface area contributed by atoms with Gasteiger partial charge < -0.3 is 4.74 Å². The van der Waals surface area contributed by atoms with E-state index >= 15 is 0 Å². The second-order valence-electron chi connectivity index (χ2n) is 3.32. The molecule has 0 saturated carbocycles. The van der Waals surface area contributed by atoms with Crippen LogP contribution in [0.4, 0.5) is 0 Å². The molecule has 4 nitrogen and oxygen atoms in total. The average molecular weight is 241 g/mol. The number of carbonyl (C=O) groups excluding carboxylic acids is 1. The first-order valence-corrected chi connectivity index (χ1v) is 6.31. The molecule has 0 aliphatic heterocycles. The van der Waals surface area contributed by atoms with E-state index in [0.29, 0.717) is 0 Å². The third-order valence-electron chi connectivity index (χ3n) is 2.05. The van der Waals surface area contributed by atoms with Crippen LogP contribution in [-0.4, -0.2) is 27.2 Å². The zero-order valence-corrected chi connectivity index (χ0v) is 9.95. The van der Waals surface area contributed by atoms with Gasteiger partial charge in [-0.3, -0.25) is 4.79 Å². The molecule has 1 radical (unpaired) electrons. The zero-order chi connectivity index (χ0) is 12.2. The fraction of sp³-hybridized carbons (Fsp3) is 0.273. The molecule has 0 N–H and O–H groups in total. The van der Waals surface area contributed by atoms with Gasteiger partial charge in [0.05, 0.1) is 24.2 Å². The molecule has 0 aromatic heterocycles. The predicted octanol–water partition coefficient (Wildman–Crippen LogP) is 1.15. The first-order chi connectivity index (χ1) is 7.45. The summed E-state index contributed by atoms with van der Waals surface area (Å²) in [6.07, 6.45) is 1.01. The topological polar surface area (TPSA) is 60.4 Å². The SMILES string of the molecule is COC(=O)[CH]CS(=O)(=O)c1ccc(C)cc1. The van der Waals surface area contributed by atoms with Crippen LogP contribution in [0.25, 0.3) is 0 Å². The summed E-state index contributed by atoms with van der Waals surface area (Å²) in [5, 5.41) is 0. The Labute approximate surface area is 95.2 Å². The number of hydrogen-bond donors (Lipinski definition) is 0. The van der Waals surface area contributed by atoms with Crippen LogP contribution in [0.15, 0.2) is 29.2 Å². The van der Waals surface area contributed by atoms with Gasteiger partial charge in [-0.15, -0.1) is 0 Å². The lowest BCUT2D eigenvalue weighted by atomic mass is 10.2. The molecule has 1 aromatic rings. The maximum Gasteiger partial charge on any atom is 0.310 e. The van der Waals surface area contributed by atoms with Crippen molar-refractivity contribution in [3.8, 4) is 0 Å². The monoisotopic (exact) mass is 241 g/mol. The van der Waals surface area contributed by atoms with Crippen molar-refractivity contribution in [3.63, 3.8) is 0 Å². The fourth-order valence-corrected chi connectivity index (χ4v) is 2.20. The maximum absolute atomic E-state index is 11.7. The molecule has 0 amide bonds. The molecule has 0 unspecified atom stereocenters. The Morgan fingerprint density at radius 3 is 2.38 bits per heavy atom. The van der Waals surface area contributed by atoms with Gasteiger partial charge in [0, 0.05) is 0 Å². The molecule has 1 aromatic carbocycles. The number of aryl methyl sites for hydroxylation is 1. The molecule has 0 saturated heterocycles. The lowest BCUT2D eigenvalue weighted by molar-refractivity contribution is -0.136. The van der Waals surface area contributed by atoms with E-state index in [0.717, 1.165) is 12.0 Å². The second-order valence-corrected chi connectivity index (χ2v) is 5.36. The Balaban J connectivity index is 2.78. The summed E-state index contributed by atoms with van der Waals surface area (Å²) in [7, 11) is -2.23. The second kappa shape index (κ2) is 5.12. The zero-order valence-electron chi connectivity index (χ0n) is 9.14. The van der Waals surface area contributed by atoms with E-state index < -0.39 is 15.8 Å². The third kappa shape index (κ3) is 3.34. The lowest BCUT2D eigenvalue weighted by Gasteiger charge is -2.03. The van der Waals surface area contributed by atoms with E-state index in [4.69, 9.17) is 0 Å². The molecule has 0 aliphatic carbocycles. The summed E-state index contributed by atoms with van der Waals surface area (Å²) in [6.45, 7) is 1.87. The maximum atomic E-state index is 11.7. The van der Waals surface area contributed by atoms with Gasteiger partial charge in [0.25, 0.3) is 0 Å². The van der Waals surface area contributed by atoms with Crippen LogP contribution in [0.3, 0.4) is 0 Å². The summed E-state index contributed by atoms with van der Waals surface area (Å²) in [5.74, 6) is -0.987. The summed E-state index contributed by atoms with van der Waals surface area (Å²) >= 11 is 0. The minimum atomic E-state index is -3.44. The number of methoxy groups -OCH3 is 1. The highest BCUT2D eigenvalue weighted by Gasteiger charge is 2.16. The molecule has 0 bridgehead atoms. The standard InChI is InChI=1S/C11H13O4S/c1-9-3-5-10(6-4-9)16(13,14)8-7-11(12)15-2/h3-7H,8H2,1-2H3. The largest absolute Gasteiger partial charge is 0.469 e. The third-order valence-corrected chi connectivity index (χ3v) is 3.65. The van der Waals surface area contributed by atoms with Gasteiger partial charge in [-0.1, -0.05) is 17.7 Å².